The monoisotopic (exact) mass is 576 g/mol. The molecule has 1 N–H and O–H groups in total. The topological polar surface area (TPSA) is 124 Å². The highest BCUT2D eigenvalue weighted by Crippen LogP contribution is 2.39. The molecule has 2 atom stereocenters. The van der Waals surface area contributed by atoms with Gasteiger partial charge in [0.2, 0.25) is 0 Å². The second-order valence-electron chi connectivity index (χ2n) is 11.1. The fourth-order valence-electron chi connectivity index (χ4n) is 6.47. The van der Waals surface area contributed by atoms with Crippen LogP contribution in [0.1, 0.15) is 54.3 Å². The van der Waals surface area contributed by atoms with E-state index in [4.69, 9.17) is 19.8 Å². The van der Waals surface area contributed by atoms with Crippen LogP contribution in [0, 0.1) is 25.2 Å². The fraction of sp³-hybridized carbons (Fsp3) is 0.552. The van der Waals surface area contributed by atoms with Crippen molar-refractivity contribution in [2.45, 2.75) is 69.9 Å². The van der Waals surface area contributed by atoms with Crippen LogP contribution >= 0.6 is 11.8 Å². The van der Waals surface area contributed by atoms with Gasteiger partial charge in [0, 0.05) is 43.7 Å². The molecule has 2 saturated heterocycles. The van der Waals surface area contributed by atoms with E-state index in [1.54, 1.807) is 0 Å². The number of benzene rings is 1. The van der Waals surface area contributed by atoms with Gasteiger partial charge in [-0.2, -0.15) is 10.4 Å². The molecular weight excluding hydrogens is 540 g/mol. The van der Waals surface area contributed by atoms with Crippen LogP contribution in [0.5, 0.6) is 0 Å². The molecule has 3 aliphatic heterocycles. The number of hydrogen-bond donors (Lipinski definition) is 1. The summed E-state index contributed by atoms with van der Waals surface area (Å²) in [6.45, 7) is 7.91. The molecule has 2 fully saturated rings. The van der Waals surface area contributed by atoms with E-state index in [1.807, 2.05) is 12.5 Å². The molecule has 0 radical (unpaired) electrons. The molecule has 0 spiro atoms. The lowest BCUT2D eigenvalue weighted by Gasteiger charge is -2.41. The van der Waals surface area contributed by atoms with Gasteiger partial charge in [0.15, 0.2) is 11.4 Å². The summed E-state index contributed by atoms with van der Waals surface area (Å²) in [6, 6.07) is 4.01. The number of nitriles is 1. The van der Waals surface area contributed by atoms with Crippen molar-refractivity contribution in [3.8, 4) is 6.07 Å². The second kappa shape index (κ2) is 11.4. The third kappa shape index (κ3) is 5.06. The van der Waals surface area contributed by atoms with Gasteiger partial charge < -0.3 is 24.5 Å². The van der Waals surface area contributed by atoms with Crippen molar-refractivity contribution in [1.29, 1.82) is 5.26 Å². The quantitative estimate of drug-likeness (QED) is 0.343. The number of hydrogen-bond acceptors (Lipinski definition) is 9. The van der Waals surface area contributed by atoms with E-state index in [0.717, 1.165) is 66.8 Å². The highest BCUT2D eigenvalue weighted by Gasteiger charge is 2.34. The summed E-state index contributed by atoms with van der Waals surface area (Å²) >= 11 is 1.51. The minimum Gasteiger partial charge on any atom is -0.465 e. The molecule has 41 heavy (non-hydrogen) atoms. The van der Waals surface area contributed by atoms with Gasteiger partial charge in [-0.3, -0.25) is 0 Å². The SMILES string of the molecule is CSc1nc2c(c(N3CCN(C(=O)O)[C@@H](CC#N)C3)n1)CCN(c1c(C)c(C)cc3c1cnn3C1CCCCO1)C2. The first-order valence-electron chi connectivity index (χ1n) is 14.3. The molecule has 11 nitrogen and oxygen atoms in total. The lowest BCUT2D eigenvalue weighted by molar-refractivity contribution is -0.0366. The summed E-state index contributed by atoms with van der Waals surface area (Å²) in [5, 5.41) is 25.6. The van der Waals surface area contributed by atoms with Crippen molar-refractivity contribution in [2.24, 2.45) is 0 Å². The Labute approximate surface area is 244 Å². The number of thioether (sulfide) groups is 1. The Morgan fingerprint density at radius 2 is 2.07 bits per heavy atom. The molecule has 6 rings (SSSR count). The van der Waals surface area contributed by atoms with Gasteiger partial charge in [0.1, 0.15) is 5.82 Å². The highest BCUT2D eigenvalue weighted by molar-refractivity contribution is 7.98. The van der Waals surface area contributed by atoms with Gasteiger partial charge in [0.05, 0.1) is 48.2 Å². The molecule has 1 amide bonds. The lowest BCUT2D eigenvalue weighted by atomic mass is 9.99. The predicted octanol–water partition coefficient (Wildman–Crippen LogP) is 4.51. The van der Waals surface area contributed by atoms with E-state index in [1.165, 1.54) is 33.5 Å². The maximum atomic E-state index is 11.8. The van der Waals surface area contributed by atoms with Gasteiger partial charge in [-0.15, -0.1) is 0 Å². The largest absolute Gasteiger partial charge is 0.465 e. The Morgan fingerprint density at radius 3 is 2.80 bits per heavy atom. The van der Waals surface area contributed by atoms with Crippen LogP contribution in [-0.4, -0.2) is 80.9 Å². The Bertz CT molecular complexity index is 1510. The number of amides is 1. The normalized spacial score (nSPS) is 21.2. The van der Waals surface area contributed by atoms with Crippen LogP contribution in [-0.2, 0) is 17.7 Å². The number of carbonyl (C=O) groups is 1. The van der Waals surface area contributed by atoms with E-state index in [-0.39, 0.29) is 18.7 Å². The van der Waals surface area contributed by atoms with Crippen LogP contribution in [0.25, 0.3) is 10.9 Å². The number of fused-ring (bicyclic) bond motifs is 2. The van der Waals surface area contributed by atoms with E-state index in [2.05, 4.69) is 40.5 Å². The van der Waals surface area contributed by atoms with E-state index in [0.29, 0.717) is 31.3 Å². The van der Waals surface area contributed by atoms with Crippen LogP contribution in [0.4, 0.5) is 16.3 Å². The number of anilines is 2. The molecule has 1 aromatic carbocycles. The maximum absolute atomic E-state index is 11.8. The Kier molecular flexibility index (Phi) is 7.66. The highest BCUT2D eigenvalue weighted by atomic mass is 32.2. The van der Waals surface area contributed by atoms with Crippen molar-refractivity contribution >= 4 is 40.3 Å². The summed E-state index contributed by atoms with van der Waals surface area (Å²) in [5.41, 5.74) is 6.89. The molecule has 2 aromatic heterocycles. The molecule has 0 bridgehead atoms. The molecule has 0 aliphatic carbocycles. The third-order valence-corrected chi connectivity index (χ3v) is 9.24. The molecule has 3 aliphatic rings. The molecule has 216 valence electrons. The Morgan fingerprint density at radius 1 is 1.22 bits per heavy atom. The summed E-state index contributed by atoms with van der Waals surface area (Å²) < 4.78 is 8.14. The zero-order chi connectivity index (χ0) is 28.7. The second-order valence-corrected chi connectivity index (χ2v) is 11.9. The zero-order valence-corrected chi connectivity index (χ0v) is 24.7. The molecular formula is C29H36N8O3S. The summed E-state index contributed by atoms with van der Waals surface area (Å²) in [5.74, 6) is 0.875. The van der Waals surface area contributed by atoms with Gasteiger partial charge >= 0.3 is 6.09 Å². The fourth-order valence-corrected chi connectivity index (χ4v) is 6.84. The number of nitrogens with zero attached hydrogens (tertiary/aromatic N) is 8. The molecule has 1 unspecified atom stereocenters. The van der Waals surface area contributed by atoms with Gasteiger partial charge in [0.25, 0.3) is 0 Å². The van der Waals surface area contributed by atoms with Crippen molar-refractivity contribution in [2.75, 3.05) is 48.8 Å². The Balaban J connectivity index is 1.34. The first-order valence-corrected chi connectivity index (χ1v) is 15.5. The minimum atomic E-state index is -0.978. The smallest absolute Gasteiger partial charge is 0.407 e. The average molecular weight is 577 g/mol. The van der Waals surface area contributed by atoms with Crippen LogP contribution in [0.15, 0.2) is 17.4 Å². The molecule has 3 aromatic rings. The summed E-state index contributed by atoms with van der Waals surface area (Å²) in [7, 11) is 0. The number of piperazine rings is 1. The van der Waals surface area contributed by atoms with Crippen LogP contribution < -0.4 is 9.80 Å². The van der Waals surface area contributed by atoms with E-state index < -0.39 is 6.09 Å². The van der Waals surface area contributed by atoms with Gasteiger partial charge in [-0.25, -0.2) is 19.4 Å². The Hall–Kier alpha value is -3.56. The van der Waals surface area contributed by atoms with Crippen molar-refractivity contribution in [3.05, 3.63) is 34.6 Å². The zero-order valence-electron chi connectivity index (χ0n) is 23.8. The number of aryl methyl sites for hydroxylation is 1. The molecule has 12 heteroatoms. The molecule has 5 heterocycles. The van der Waals surface area contributed by atoms with Crippen LogP contribution in [0.2, 0.25) is 0 Å². The van der Waals surface area contributed by atoms with E-state index in [9.17, 15) is 15.2 Å². The first-order chi connectivity index (χ1) is 19.9. The van der Waals surface area contributed by atoms with Crippen molar-refractivity contribution in [3.63, 3.8) is 0 Å². The van der Waals surface area contributed by atoms with Gasteiger partial charge in [-0.05, 0) is 63.0 Å². The number of carboxylic acid groups (broad SMARTS) is 1. The first kappa shape index (κ1) is 27.6. The average Bonchev–Trinajstić information content (AvgIpc) is 3.40. The minimum absolute atomic E-state index is 0.0239. The number of rotatable bonds is 5. The van der Waals surface area contributed by atoms with Crippen molar-refractivity contribution < 1.29 is 14.6 Å². The standard InChI is InChI=1S/C29H36N8O3S/c1-18-14-24-22(15-31-37(24)25-6-4-5-13-40-25)26(19(18)2)34-10-8-21-23(17-34)32-28(41-3)33-27(21)35-11-12-36(29(38)39)20(16-35)7-9-30/h14-15,20,25H,4-8,10-13,16-17H2,1-3H3,(H,38,39)/t20-,25?/m0/s1. The maximum Gasteiger partial charge on any atom is 0.407 e. The van der Waals surface area contributed by atoms with Gasteiger partial charge in [-0.1, -0.05) is 11.8 Å². The lowest BCUT2D eigenvalue weighted by Crippen LogP contribution is -2.55. The number of ether oxygens (including phenoxy) is 1. The predicted molar refractivity (Wildman–Crippen MR) is 158 cm³/mol. The third-order valence-electron chi connectivity index (χ3n) is 8.69. The summed E-state index contributed by atoms with van der Waals surface area (Å²) in [4.78, 5) is 27.6. The molecule has 0 saturated carbocycles. The number of aromatic nitrogens is 4. The van der Waals surface area contributed by atoms with Crippen LogP contribution in [0.3, 0.4) is 0 Å². The van der Waals surface area contributed by atoms with Crippen molar-refractivity contribution in [1.82, 2.24) is 24.6 Å². The van der Waals surface area contributed by atoms with E-state index >= 15 is 0 Å². The summed E-state index contributed by atoms with van der Waals surface area (Å²) in [6.07, 6.45) is 7.11.